The molecule has 9 heteroatoms. The molecule has 1 N–H and O–H groups in total. The first-order valence-electron chi connectivity index (χ1n) is 8.94. The lowest BCUT2D eigenvalue weighted by atomic mass is 10.2. The van der Waals surface area contributed by atoms with Crippen LogP contribution in [-0.4, -0.2) is 31.8 Å². The van der Waals surface area contributed by atoms with Crippen LogP contribution in [0.1, 0.15) is 15.9 Å². The molecule has 146 valence electrons. The average Bonchev–Trinajstić information content (AvgIpc) is 3.15. The summed E-state index contributed by atoms with van der Waals surface area (Å²) in [5.74, 6) is -0.372. The summed E-state index contributed by atoms with van der Waals surface area (Å²) in [5.41, 5.74) is 1.01. The largest absolute Gasteiger partial charge is 0.430 e. The number of aromatic nitrogens is 4. The highest BCUT2D eigenvalue weighted by molar-refractivity contribution is 5.93. The van der Waals surface area contributed by atoms with Crippen molar-refractivity contribution in [2.75, 3.05) is 6.54 Å². The third kappa shape index (κ3) is 3.98. The van der Waals surface area contributed by atoms with Gasteiger partial charge < -0.3 is 9.73 Å². The first-order valence-corrected chi connectivity index (χ1v) is 8.94. The van der Waals surface area contributed by atoms with Crippen molar-refractivity contribution >= 4 is 16.9 Å². The molecule has 0 bridgehead atoms. The molecule has 29 heavy (non-hydrogen) atoms. The molecular weight excluding hydrogens is 374 g/mol. The zero-order valence-corrected chi connectivity index (χ0v) is 15.3. The Morgan fingerprint density at radius 1 is 1.10 bits per heavy atom. The standard InChI is InChI=1S/C20H17N5O4/c26-17-7-6-15(12-29-17)19(27)21-8-9-25-18-16(10-23-25)20(28)24(13-22-18)11-14-4-2-1-3-5-14/h1-7,10,12-13H,8-9,11H2,(H,21,27). The van der Waals surface area contributed by atoms with Gasteiger partial charge in [-0.3, -0.25) is 14.2 Å². The highest BCUT2D eigenvalue weighted by Crippen LogP contribution is 2.07. The van der Waals surface area contributed by atoms with Crippen molar-refractivity contribution < 1.29 is 9.21 Å². The number of fused-ring (bicyclic) bond motifs is 1. The van der Waals surface area contributed by atoms with E-state index in [-0.39, 0.29) is 23.6 Å². The number of hydrogen-bond donors (Lipinski definition) is 1. The third-order valence-corrected chi connectivity index (χ3v) is 4.39. The molecule has 0 saturated heterocycles. The summed E-state index contributed by atoms with van der Waals surface area (Å²) in [5, 5.41) is 7.34. The molecule has 3 heterocycles. The van der Waals surface area contributed by atoms with Gasteiger partial charge in [0.25, 0.3) is 11.5 Å². The minimum absolute atomic E-state index is 0.173. The number of carbonyl (C=O) groups excluding carboxylic acids is 1. The van der Waals surface area contributed by atoms with Crippen LogP contribution >= 0.6 is 0 Å². The van der Waals surface area contributed by atoms with E-state index in [0.29, 0.717) is 24.1 Å². The van der Waals surface area contributed by atoms with Crippen LogP contribution < -0.4 is 16.5 Å². The van der Waals surface area contributed by atoms with Gasteiger partial charge in [0.15, 0.2) is 5.65 Å². The van der Waals surface area contributed by atoms with Crippen LogP contribution in [0.3, 0.4) is 0 Å². The topological polar surface area (TPSA) is 112 Å². The van der Waals surface area contributed by atoms with Gasteiger partial charge in [0.2, 0.25) is 0 Å². The van der Waals surface area contributed by atoms with Crippen LogP contribution in [0.5, 0.6) is 0 Å². The normalized spacial score (nSPS) is 10.9. The molecule has 0 aliphatic carbocycles. The second kappa shape index (κ2) is 7.93. The van der Waals surface area contributed by atoms with Crippen molar-refractivity contribution in [3.05, 3.63) is 93.2 Å². The molecule has 4 aromatic rings. The number of nitrogens with zero attached hydrogens (tertiary/aromatic N) is 4. The van der Waals surface area contributed by atoms with E-state index in [9.17, 15) is 14.4 Å². The molecule has 0 radical (unpaired) electrons. The molecule has 3 aromatic heterocycles. The zero-order valence-electron chi connectivity index (χ0n) is 15.3. The average molecular weight is 391 g/mol. The first-order chi connectivity index (χ1) is 14.1. The minimum atomic E-state index is -0.520. The summed E-state index contributed by atoms with van der Waals surface area (Å²) in [6.45, 7) is 1.03. The molecule has 4 rings (SSSR count). The summed E-state index contributed by atoms with van der Waals surface area (Å²) in [6, 6.07) is 12.2. The zero-order chi connectivity index (χ0) is 20.2. The molecule has 0 fully saturated rings. The SMILES string of the molecule is O=C(NCCn1ncc2c(=O)n(Cc3ccccc3)cnc21)c1ccc(=O)oc1. The summed E-state index contributed by atoms with van der Waals surface area (Å²) in [7, 11) is 0. The maximum atomic E-state index is 12.7. The van der Waals surface area contributed by atoms with Gasteiger partial charge in [-0.25, -0.2) is 14.5 Å². The smallest absolute Gasteiger partial charge is 0.335 e. The number of amides is 1. The van der Waals surface area contributed by atoms with Gasteiger partial charge in [-0.1, -0.05) is 30.3 Å². The van der Waals surface area contributed by atoms with Crippen LogP contribution in [-0.2, 0) is 13.1 Å². The number of nitrogens with one attached hydrogen (secondary N) is 1. The molecule has 1 aromatic carbocycles. The van der Waals surface area contributed by atoms with Crippen LogP contribution in [0.2, 0.25) is 0 Å². The molecule has 0 aliphatic heterocycles. The van der Waals surface area contributed by atoms with E-state index >= 15 is 0 Å². The van der Waals surface area contributed by atoms with E-state index in [1.165, 1.54) is 29.2 Å². The summed E-state index contributed by atoms with van der Waals surface area (Å²) in [4.78, 5) is 40.1. The summed E-state index contributed by atoms with van der Waals surface area (Å²) < 4.78 is 7.78. The molecule has 9 nitrogen and oxygen atoms in total. The predicted molar refractivity (Wildman–Crippen MR) is 105 cm³/mol. The monoisotopic (exact) mass is 391 g/mol. The fourth-order valence-electron chi connectivity index (χ4n) is 2.92. The molecular formula is C20H17N5O4. The minimum Gasteiger partial charge on any atom is -0.430 e. The van der Waals surface area contributed by atoms with E-state index in [0.717, 1.165) is 11.8 Å². The lowest BCUT2D eigenvalue weighted by Crippen LogP contribution is -2.28. The Morgan fingerprint density at radius 2 is 1.93 bits per heavy atom. The van der Waals surface area contributed by atoms with Gasteiger partial charge >= 0.3 is 5.63 Å². The van der Waals surface area contributed by atoms with Crippen molar-refractivity contribution in [2.24, 2.45) is 0 Å². The van der Waals surface area contributed by atoms with E-state index in [1.807, 2.05) is 30.3 Å². The highest BCUT2D eigenvalue weighted by atomic mass is 16.4. The lowest BCUT2D eigenvalue weighted by molar-refractivity contribution is 0.0949. The Bertz CT molecular complexity index is 1250. The third-order valence-electron chi connectivity index (χ3n) is 4.39. The fourth-order valence-corrected chi connectivity index (χ4v) is 2.92. The van der Waals surface area contributed by atoms with Crippen molar-refractivity contribution in [3.63, 3.8) is 0 Å². The Balaban J connectivity index is 1.45. The van der Waals surface area contributed by atoms with Gasteiger partial charge in [0.05, 0.1) is 24.8 Å². The molecule has 0 atom stereocenters. The highest BCUT2D eigenvalue weighted by Gasteiger charge is 2.11. The van der Waals surface area contributed by atoms with Crippen LogP contribution in [0.25, 0.3) is 11.0 Å². The number of hydrogen-bond acceptors (Lipinski definition) is 6. The first kappa shape index (κ1) is 18.4. The molecule has 0 aliphatic rings. The van der Waals surface area contributed by atoms with Crippen LogP contribution in [0.4, 0.5) is 0 Å². The maximum Gasteiger partial charge on any atom is 0.335 e. The van der Waals surface area contributed by atoms with Crippen molar-refractivity contribution in [2.45, 2.75) is 13.1 Å². The lowest BCUT2D eigenvalue weighted by Gasteiger charge is -2.07. The van der Waals surface area contributed by atoms with Crippen LogP contribution in [0, 0.1) is 0 Å². The predicted octanol–water partition coefficient (Wildman–Crippen LogP) is 1.02. The number of carbonyl (C=O) groups is 1. The van der Waals surface area contributed by atoms with E-state index in [4.69, 9.17) is 0 Å². The van der Waals surface area contributed by atoms with E-state index in [1.54, 1.807) is 4.68 Å². The van der Waals surface area contributed by atoms with Crippen molar-refractivity contribution in [1.82, 2.24) is 24.6 Å². The van der Waals surface area contributed by atoms with Crippen LogP contribution in [0.15, 0.2) is 75.3 Å². The summed E-state index contributed by atoms with van der Waals surface area (Å²) >= 11 is 0. The van der Waals surface area contributed by atoms with E-state index < -0.39 is 5.63 Å². The maximum absolute atomic E-state index is 12.7. The fraction of sp³-hybridized carbons (Fsp3) is 0.150. The Hall–Kier alpha value is -4.01. The second-order valence-electron chi connectivity index (χ2n) is 6.37. The van der Waals surface area contributed by atoms with Crippen molar-refractivity contribution in [3.8, 4) is 0 Å². The Kier molecular flexibility index (Phi) is 5.02. The Morgan fingerprint density at radius 3 is 2.69 bits per heavy atom. The van der Waals surface area contributed by atoms with Crippen molar-refractivity contribution in [1.29, 1.82) is 0 Å². The van der Waals surface area contributed by atoms with E-state index in [2.05, 4.69) is 19.8 Å². The Labute approximate surface area is 164 Å². The van der Waals surface area contributed by atoms with Gasteiger partial charge in [-0.15, -0.1) is 0 Å². The van der Waals surface area contributed by atoms with Gasteiger partial charge in [-0.2, -0.15) is 5.10 Å². The van der Waals surface area contributed by atoms with Gasteiger partial charge in [0, 0.05) is 12.6 Å². The number of rotatable bonds is 6. The van der Waals surface area contributed by atoms with Gasteiger partial charge in [-0.05, 0) is 11.6 Å². The summed E-state index contributed by atoms with van der Waals surface area (Å²) in [6.07, 6.45) is 4.10. The molecule has 1 amide bonds. The molecule has 0 unspecified atom stereocenters. The molecule has 0 saturated carbocycles. The molecule has 0 spiro atoms. The number of benzene rings is 1. The second-order valence-corrected chi connectivity index (χ2v) is 6.37. The van der Waals surface area contributed by atoms with Gasteiger partial charge in [0.1, 0.15) is 18.0 Å². The quantitative estimate of drug-likeness (QED) is 0.525.